The molecule has 4 aromatic rings. The van der Waals surface area contributed by atoms with Crippen LogP contribution in [-0.2, 0) is 4.74 Å². The molecule has 2 aliphatic rings. The van der Waals surface area contributed by atoms with Crippen LogP contribution in [0.1, 0.15) is 64.0 Å². The standard InChI is InChI=1S/C30H38N10O3/c1-19-16-26(37-36-19)33-25-18-27(39-14-10-20(11-15-39)32-29(41)42-30(2,3)4)35-28(34-25)40-13-7-9-23(40)24-17-22(38-43-24)21-8-5-6-12-31-21/h5-6,8,12,16-18,20,23H,7,9-11,13-15H2,1-4H3,(H,32,41)(H2,33,34,35,36,37)/t23-/m0/s1. The maximum atomic E-state index is 12.3. The van der Waals surface area contributed by atoms with Crippen molar-refractivity contribution in [1.82, 2.24) is 35.6 Å². The number of hydrogen-bond donors (Lipinski definition) is 3. The molecule has 2 fully saturated rings. The van der Waals surface area contributed by atoms with E-state index in [0.717, 1.165) is 68.3 Å². The Labute approximate surface area is 250 Å². The Morgan fingerprint density at radius 1 is 1.05 bits per heavy atom. The van der Waals surface area contributed by atoms with Crippen molar-refractivity contribution in [3.8, 4) is 11.4 Å². The van der Waals surface area contributed by atoms with Gasteiger partial charge in [-0.05, 0) is 65.5 Å². The Hall–Kier alpha value is -4.68. The molecule has 2 aliphatic heterocycles. The molecule has 0 saturated carbocycles. The number of hydrogen-bond acceptors (Lipinski definition) is 11. The van der Waals surface area contributed by atoms with Gasteiger partial charge in [-0.2, -0.15) is 15.1 Å². The number of aromatic amines is 1. The molecule has 1 amide bonds. The van der Waals surface area contributed by atoms with Crippen LogP contribution in [0.3, 0.4) is 0 Å². The number of nitrogens with one attached hydrogen (secondary N) is 3. The second-order valence-electron chi connectivity index (χ2n) is 12.1. The van der Waals surface area contributed by atoms with Gasteiger partial charge in [-0.1, -0.05) is 11.2 Å². The highest BCUT2D eigenvalue weighted by molar-refractivity contribution is 5.68. The molecular weight excluding hydrogens is 548 g/mol. The van der Waals surface area contributed by atoms with E-state index >= 15 is 0 Å². The molecule has 0 bridgehead atoms. The van der Waals surface area contributed by atoms with E-state index in [2.05, 4.69) is 40.8 Å². The Bertz CT molecular complexity index is 1540. The minimum absolute atomic E-state index is 0.0414. The summed E-state index contributed by atoms with van der Waals surface area (Å²) in [6.07, 6.45) is 4.79. The number of amides is 1. The number of aryl methyl sites for hydroxylation is 1. The van der Waals surface area contributed by atoms with Crippen LogP contribution in [0.5, 0.6) is 0 Å². The number of ether oxygens (including phenoxy) is 1. The number of anilines is 4. The zero-order valence-corrected chi connectivity index (χ0v) is 25.0. The molecule has 4 aromatic heterocycles. The number of carbonyl (C=O) groups is 1. The quantitative estimate of drug-likeness (QED) is 0.264. The highest BCUT2D eigenvalue weighted by Crippen LogP contribution is 2.37. The van der Waals surface area contributed by atoms with Gasteiger partial charge in [0.1, 0.15) is 22.9 Å². The van der Waals surface area contributed by atoms with Crippen LogP contribution in [0.15, 0.2) is 47.1 Å². The van der Waals surface area contributed by atoms with Crippen LogP contribution in [0.4, 0.5) is 28.2 Å². The van der Waals surface area contributed by atoms with Gasteiger partial charge in [-0.25, -0.2) is 4.79 Å². The fourth-order valence-electron chi connectivity index (χ4n) is 5.50. The molecule has 3 N–H and O–H groups in total. The first-order chi connectivity index (χ1) is 20.7. The van der Waals surface area contributed by atoms with Crippen molar-refractivity contribution in [3.63, 3.8) is 0 Å². The van der Waals surface area contributed by atoms with Crippen molar-refractivity contribution < 1.29 is 14.1 Å². The number of pyridine rings is 1. The van der Waals surface area contributed by atoms with Gasteiger partial charge in [0.25, 0.3) is 0 Å². The minimum atomic E-state index is -0.530. The number of rotatable bonds is 7. The maximum absolute atomic E-state index is 12.3. The van der Waals surface area contributed by atoms with Gasteiger partial charge in [-0.15, -0.1) is 0 Å². The molecule has 226 valence electrons. The summed E-state index contributed by atoms with van der Waals surface area (Å²) in [5.74, 6) is 3.52. The zero-order valence-electron chi connectivity index (χ0n) is 25.0. The lowest BCUT2D eigenvalue weighted by Gasteiger charge is -2.34. The fraction of sp³-hybridized carbons (Fsp3) is 0.467. The third-order valence-electron chi connectivity index (χ3n) is 7.50. The topological polar surface area (TPSA) is 150 Å². The van der Waals surface area contributed by atoms with Crippen molar-refractivity contribution >= 4 is 29.5 Å². The van der Waals surface area contributed by atoms with Crippen molar-refractivity contribution in [1.29, 1.82) is 0 Å². The minimum Gasteiger partial charge on any atom is -0.444 e. The van der Waals surface area contributed by atoms with E-state index < -0.39 is 5.60 Å². The van der Waals surface area contributed by atoms with Crippen LogP contribution in [-0.4, -0.2) is 67.7 Å². The number of nitrogens with zero attached hydrogens (tertiary/aromatic N) is 7. The Balaban J connectivity index is 1.23. The largest absolute Gasteiger partial charge is 0.444 e. The summed E-state index contributed by atoms with van der Waals surface area (Å²) in [6.45, 7) is 9.81. The molecule has 6 heterocycles. The number of aromatic nitrogens is 6. The first kappa shape index (κ1) is 28.4. The molecule has 0 spiro atoms. The normalized spacial score (nSPS) is 17.7. The summed E-state index contributed by atoms with van der Waals surface area (Å²) in [7, 11) is 0. The predicted octanol–water partition coefficient (Wildman–Crippen LogP) is 5.14. The first-order valence-corrected chi connectivity index (χ1v) is 14.8. The van der Waals surface area contributed by atoms with E-state index in [1.165, 1.54) is 0 Å². The molecular formula is C30H38N10O3. The highest BCUT2D eigenvalue weighted by atomic mass is 16.6. The van der Waals surface area contributed by atoms with Gasteiger partial charge in [0.05, 0.1) is 11.7 Å². The third kappa shape index (κ3) is 6.87. The van der Waals surface area contributed by atoms with Crippen LogP contribution >= 0.6 is 0 Å². The summed E-state index contributed by atoms with van der Waals surface area (Å²) in [6, 6.07) is 11.6. The van der Waals surface area contributed by atoms with E-state index in [9.17, 15) is 4.79 Å². The van der Waals surface area contributed by atoms with Crippen molar-refractivity contribution in [2.45, 2.75) is 71.1 Å². The Morgan fingerprint density at radius 2 is 1.88 bits per heavy atom. The van der Waals surface area contributed by atoms with Crippen LogP contribution < -0.4 is 20.4 Å². The van der Waals surface area contributed by atoms with E-state index in [0.29, 0.717) is 23.3 Å². The van der Waals surface area contributed by atoms with Crippen molar-refractivity contribution in [2.75, 3.05) is 34.8 Å². The smallest absolute Gasteiger partial charge is 0.407 e. The molecule has 0 aliphatic carbocycles. The van der Waals surface area contributed by atoms with E-state index in [1.54, 1.807) is 6.20 Å². The molecule has 13 heteroatoms. The van der Waals surface area contributed by atoms with Gasteiger partial charge in [0, 0.05) is 55.8 Å². The van der Waals surface area contributed by atoms with Crippen LogP contribution in [0.25, 0.3) is 11.4 Å². The highest BCUT2D eigenvalue weighted by Gasteiger charge is 2.33. The molecule has 0 unspecified atom stereocenters. The SMILES string of the molecule is Cc1cc(Nc2cc(N3CCC(NC(=O)OC(C)(C)C)CC3)nc(N3CCC[C@H]3c3cc(-c4ccccn4)no3)n2)n[nH]1. The molecule has 1 atom stereocenters. The zero-order chi connectivity index (χ0) is 30.0. The van der Waals surface area contributed by atoms with Gasteiger partial charge < -0.3 is 29.7 Å². The predicted molar refractivity (Wildman–Crippen MR) is 162 cm³/mol. The average Bonchev–Trinajstić information content (AvgIpc) is 3.74. The number of H-pyrrole nitrogens is 1. The van der Waals surface area contributed by atoms with Gasteiger partial charge in [0.2, 0.25) is 5.95 Å². The lowest BCUT2D eigenvalue weighted by atomic mass is 10.1. The summed E-state index contributed by atoms with van der Waals surface area (Å²) in [5, 5.41) is 18.0. The van der Waals surface area contributed by atoms with Crippen molar-refractivity contribution in [2.24, 2.45) is 0 Å². The molecule has 2 saturated heterocycles. The molecule has 43 heavy (non-hydrogen) atoms. The molecule has 0 radical (unpaired) electrons. The number of alkyl carbamates (subject to hydrolysis) is 1. The summed E-state index contributed by atoms with van der Waals surface area (Å²) < 4.78 is 11.3. The molecule has 13 nitrogen and oxygen atoms in total. The second-order valence-corrected chi connectivity index (χ2v) is 12.1. The lowest BCUT2D eigenvalue weighted by molar-refractivity contribution is 0.0497. The van der Waals surface area contributed by atoms with E-state index in [4.69, 9.17) is 19.2 Å². The van der Waals surface area contributed by atoms with Gasteiger partial charge >= 0.3 is 6.09 Å². The monoisotopic (exact) mass is 586 g/mol. The average molecular weight is 587 g/mol. The number of piperidine rings is 1. The fourth-order valence-corrected chi connectivity index (χ4v) is 5.50. The summed E-state index contributed by atoms with van der Waals surface area (Å²) >= 11 is 0. The van der Waals surface area contributed by atoms with E-state index in [-0.39, 0.29) is 18.2 Å². The molecule has 0 aromatic carbocycles. The first-order valence-electron chi connectivity index (χ1n) is 14.8. The van der Waals surface area contributed by atoms with Crippen LogP contribution in [0.2, 0.25) is 0 Å². The maximum Gasteiger partial charge on any atom is 0.407 e. The van der Waals surface area contributed by atoms with Crippen LogP contribution in [0, 0.1) is 6.92 Å². The summed E-state index contributed by atoms with van der Waals surface area (Å²) in [4.78, 5) is 31.1. The van der Waals surface area contributed by atoms with Gasteiger partial charge in [0.15, 0.2) is 11.6 Å². The Kier molecular flexibility index (Phi) is 7.87. The molecule has 6 rings (SSSR count). The van der Waals surface area contributed by atoms with E-state index in [1.807, 2.05) is 64.1 Å². The second kappa shape index (κ2) is 11.9. The third-order valence-corrected chi connectivity index (χ3v) is 7.50. The summed E-state index contributed by atoms with van der Waals surface area (Å²) in [5.41, 5.74) is 1.89. The Morgan fingerprint density at radius 3 is 2.60 bits per heavy atom. The van der Waals surface area contributed by atoms with Crippen molar-refractivity contribution in [3.05, 3.63) is 54.0 Å². The van der Waals surface area contributed by atoms with Gasteiger partial charge in [-0.3, -0.25) is 10.1 Å². The lowest BCUT2D eigenvalue weighted by Crippen LogP contribution is -2.46. The number of carbonyl (C=O) groups excluding carboxylic acids is 1.